The van der Waals surface area contributed by atoms with Gasteiger partial charge in [-0.15, -0.1) is 0 Å². The fourth-order valence-corrected chi connectivity index (χ4v) is 2.54. The first-order chi connectivity index (χ1) is 9.13. The molecule has 2 aromatic rings. The molecule has 0 unspecified atom stereocenters. The van der Waals surface area contributed by atoms with Gasteiger partial charge in [-0.1, -0.05) is 33.6 Å². The van der Waals surface area contributed by atoms with Crippen molar-refractivity contribution in [3.8, 4) is 6.07 Å². The minimum Gasteiger partial charge on any atom is -0.397 e. The lowest BCUT2D eigenvalue weighted by Gasteiger charge is -2.08. The van der Waals surface area contributed by atoms with E-state index in [1.165, 1.54) is 0 Å². The predicted octanol–water partition coefficient (Wildman–Crippen LogP) is 3.85. The lowest BCUT2D eigenvalue weighted by molar-refractivity contribution is 1.31. The minimum absolute atomic E-state index is 0.400. The quantitative estimate of drug-likeness (QED) is 0.849. The van der Waals surface area contributed by atoms with Gasteiger partial charge >= 0.3 is 0 Å². The number of pyridine rings is 1. The molecule has 3 nitrogen and oxygen atoms in total. The third kappa shape index (κ3) is 2.95. The van der Waals surface area contributed by atoms with Gasteiger partial charge in [-0.05, 0) is 29.8 Å². The van der Waals surface area contributed by atoms with Crippen molar-refractivity contribution >= 4 is 38.8 Å². The van der Waals surface area contributed by atoms with Crippen LogP contribution in [-0.4, -0.2) is 4.98 Å². The van der Waals surface area contributed by atoms with E-state index in [1.807, 2.05) is 0 Å². The number of hydrogen-bond acceptors (Lipinski definition) is 3. The molecule has 1 heterocycles. The van der Waals surface area contributed by atoms with Gasteiger partial charge in [-0.25, -0.2) is 0 Å². The van der Waals surface area contributed by atoms with Crippen molar-refractivity contribution < 1.29 is 0 Å². The number of allylic oxidation sites excluding steroid dienone is 1. The summed E-state index contributed by atoms with van der Waals surface area (Å²) in [5.41, 5.74) is 8.37. The van der Waals surface area contributed by atoms with Gasteiger partial charge in [0.05, 0.1) is 11.3 Å². The van der Waals surface area contributed by atoms with E-state index in [4.69, 9.17) is 17.3 Å². The third-order valence-electron chi connectivity index (χ3n) is 2.57. The van der Waals surface area contributed by atoms with Gasteiger partial charge in [0.25, 0.3) is 0 Å². The van der Waals surface area contributed by atoms with Crippen LogP contribution >= 0.6 is 27.5 Å². The number of nitrogens with two attached hydrogens (primary N) is 1. The van der Waals surface area contributed by atoms with Gasteiger partial charge in [0.1, 0.15) is 6.07 Å². The summed E-state index contributed by atoms with van der Waals surface area (Å²) in [4.78, 5) is 3.92. The molecule has 0 saturated carbocycles. The van der Waals surface area contributed by atoms with Crippen LogP contribution in [0.15, 0.2) is 47.2 Å². The first kappa shape index (κ1) is 13.6. The molecule has 19 heavy (non-hydrogen) atoms. The van der Waals surface area contributed by atoms with Crippen LogP contribution in [0, 0.1) is 11.3 Å². The lowest BCUT2D eigenvalue weighted by Crippen LogP contribution is -2.01. The smallest absolute Gasteiger partial charge is 0.102 e. The molecule has 94 valence electrons. The summed E-state index contributed by atoms with van der Waals surface area (Å²) in [6.45, 7) is 0. The van der Waals surface area contributed by atoms with Crippen LogP contribution in [0.2, 0.25) is 5.02 Å². The molecule has 0 spiro atoms. The monoisotopic (exact) mass is 333 g/mol. The number of benzene rings is 1. The van der Waals surface area contributed by atoms with Crippen molar-refractivity contribution in [2.45, 2.75) is 0 Å². The first-order valence-electron chi connectivity index (χ1n) is 5.39. The molecule has 0 aliphatic carbocycles. The Hall–Kier alpha value is -1.83. The van der Waals surface area contributed by atoms with Crippen molar-refractivity contribution in [2.75, 3.05) is 0 Å². The van der Waals surface area contributed by atoms with Crippen LogP contribution in [0.3, 0.4) is 0 Å². The molecule has 1 aromatic heterocycles. The van der Waals surface area contributed by atoms with Crippen molar-refractivity contribution in [1.82, 2.24) is 4.98 Å². The van der Waals surface area contributed by atoms with E-state index in [1.54, 1.807) is 42.7 Å². The second-order valence-electron chi connectivity index (χ2n) is 3.76. The fraction of sp³-hybridized carbons (Fsp3) is 0. The summed E-state index contributed by atoms with van der Waals surface area (Å²) in [7, 11) is 0. The number of halogens is 2. The van der Waals surface area contributed by atoms with E-state index >= 15 is 0 Å². The van der Waals surface area contributed by atoms with Crippen LogP contribution < -0.4 is 5.73 Å². The van der Waals surface area contributed by atoms with E-state index in [0.717, 1.165) is 15.6 Å². The van der Waals surface area contributed by atoms with E-state index in [2.05, 4.69) is 27.0 Å². The molecule has 0 fully saturated rings. The highest BCUT2D eigenvalue weighted by Crippen LogP contribution is 2.29. The number of aromatic nitrogens is 1. The molecule has 0 atom stereocenters. The summed E-state index contributed by atoms with van der Waals surface area (Å²) in [5.74, 6) is 0. The molecule has 0 radical (unpaired) electrons. The average Bonchev–Trinajstić information content (AvgIpc) is 2.40. The van der Waals surface area contributed by atoms with E-state index in [9.17, 15) is 5.26 Å². The SMILES string of the molecule is N#C/C(=C(/N)c1ccc(Cl)cc1Br)c1ccncc1. The van der Waals surface area contributed by atoms with Crippen molar-refractivity contribution in [3.63, 3.8) is 0 Å². The topological polar surface area (TPSA) is 62.7 Å². The number of nitriles is 1. The molecule has 0 bridgehead atoms. The number of rotatable bonds is 2. The predicted molar refractivity (Wildman–Crippen MR) is 80.0 cm³/mol. The lowest BCUT2D eigenvalue weighted by atomic mass is 10.0. The van der Waals surface area contributed by atoms with Gasteiger partial charge in [0.15, 0.2) is 0 Å². The van der Waals surface area contributed by atoms with Crippen LogP contribution in [-0.2, 0) is 0 Å². The molecule has 1 aromatic carbocycles. The maximum absolute atomic E-state index is 9.31. The summed E-state index contributed by atoms with van der Waals surface area (Å²) in [6, 6.07) is 10.9. The molecular weight excluding hydrogens is 326 g/mol. The largest absolute Gasteiger partial charge is 0.397 e. The van der Waals surface area contributed by atoms with Gasteiger partial charge in [-0.3, -0.25) is 4.98 Å². The van der Waals surface area contributed by atoms with Crippen molar-refractivity contribution in [1.29, 1.82) is 5.26 Å². The van der Waals surface area contributed by atoms with E-state index in [-0.39, 0.29) is 0 Å². The van der Waals surface area contributed by atoms with Crippen molar-refractivity contribution in [2.24, 2.45) is 5.73 Å². The van der Waals surface area contributed by atoms with Crippen LogP contribution in [0.25, 0.3) is 11.3 Å². The molecule has 0 aliphatic heterocycles. The Balaban J connectivity index is 2.59. The molecule has 2 N–H and O–H groups in total. The Morgan fingerprint density at radius 2 is 1.95 bits per heavy atom. The zero-order valence-electron chi connectivity index (χ0n) is 9.77. The van der Waals surface area contributed by atoms with E-state index in [0.29, 0.717) is 16.3 Å². The van der Waals surface area contributed by atoms with Gasteiger partial charge in [0, 0.05) is 27.5 Å². The number of hydrogen-bond donors (Lipinski definition) is 1. The van der Waals surface area contributed by atoms with Crippen molar-refractivity contribution in [3.05, 3.63) is 63.3 Å². The van der Waals surface area contributed by atoms with Crippen LogP contribution in [0.1, 0.15) is 11.1 Å². The molecule has 0 aliphatic rings. The molecule has 2 rings (SSSR count). The zero-order chi connectivity index (χ0) is 13.8. The molecular formula is C14H9BrClN3. The second kappa shape index (κ2) is 5.87. The minimum atomic E-state index is 0.400. The number of nitrogens with zero attached hydrogens (tertiary/aromatic N) is 2. The highest BCUT2D eigenvalue weighted by atomic mass is 79.9. The summed E-state index contributed by atoms with van der Waals surface area (Å²) in [5, 5.41) is 9.91. The molecule has 0 saturated heterocycles. The Kier molecular flexibility index (Phi) is 4.20. The van der Waals surface area contributed by atoms with Gasteiger partial charge in [-0.2, -0.15) is 5.26 Å². The summed E-state index contributed by atoms with van der Waals surface area (Å²) < 4.78 is 0.749. The maximum Gasteiger partial charge on any atom is 0.102 e. The Bertz CT molecular complexity index is 675. The highest BCUT2D eigenvalue weighted by Gasteiger charge is 2.11. The second-order valence-corrected chi connectivity index (χ2v) is 5.05. The zero-order valence-corrected chi connectivity index (χ0v) is 12.1. The Morgan fingerprint density at radius 1 is 1.26 bits per heavy atom. The molecule has 0 amide bonds. The van der Waals surface area contributed by atoms with Gasteiger partial charge in [0.2, 0.25) is 0 Å². The van der Waals surface area contributed by atoms with E-state index < -0.39 is 0 Å². The van der Waals surface area contributed by atoms with Crippen LogP contribution in [0.4, 0.5) is 0 Å². The Morgan fingerprint density at radius 3 is 2.53 bits per heavy atom. The normalized spacial score (nSPS) is 11.6. The van der Waals surface area contributed by atoms with Crippen LogP contribution in [0.5, 0.6) is 0 Å². The fourth-order valence-electron chi connectivity index (χ4n) is 1.64. The summed E-state index contributed by atoms with van der Waals surface area (Å²) >= 11 is 9.29. The average molecular weight is 335 g/mol. The third-order valence-corrected chi connectivity index (χ3v) is 3.46. The molecule has 5 heteroatoms. The Labute approximate surface area is 124 Å². The van der Waals surface area contributed by atoms with Gasteiger partial charge < -0.3 is 5.73 Å². The maximum atomic E-state index is 9.31. The standard InChI is InChI=1S/C14H9BrClN3/c15-13-7-10(16)1-2-11(13)14(18)12(8-17)9-3-5-19-6-4-9/h1-7H,18H2/b14-12-. The summed E-state index contributed by atoms with van der Waals surface area (Å²) in [6.07, 6.45) is 3.24. The first-order valence-corrected chi connectivity index (χ1v) is 6.56. The highest BCUT2D eigenvalue weighted by molar-refractivity contribution is 9.10.